The number of rotatable bonds is 4. The topological polar surface area (TPSA) is 9.23 Å². The van der Waals surface area contributed by atoms with Crippen LogP contribution in [0.5, 0.6) is 0 Å². The molecule has 0 fully saturated rings. The first-order valence-electron chi connectivity index (χ1n) is 5.84. The molecule has 5 heteroatoms. The van der Waals surface area contributed by atoms with Crippen LogP contribution in [-0.2, 0) is 11.2 Å². The largest absolute Gasteiger partial charge is 0.411 e. The van der Waals surface area contributed by atoms with Crippen LogP contribution < -0.4 is 0 Å². The van der Waals surface area contributed by atoms with Crippen LogP contribution in [0.25, 0.3) is 0 Å². The third-order valence-corrected chi connectivity index (χ3v) is 3.74. The van der Waals surface area contributed by atoms with Crippen molar-refractivity contribution in [1.29, 1.82) is 0 Å². The second kappa shape index (κ2) is 5.49. The zero-order valence-corrected chi connectivity index (χ0v) is 10.5. The molecular formula is C13H14ClF3O. The molecule has 0 saturated carbocycles. The molecule has 0 saturated heterocycles. The van der Waals surface area contributed by atoms with Gasteiger partial charge in [-0.1, -0.05) is 24.3 Å². The number of hydrogen-bond donors (Lipinski definition) is 0. The maximum atomic E-state index is 11.9. The molecular weight excluding hydrogens is 265 g/mol. The van der Waals surface area contributed by atoms with Crippen LogP contribution in [0.4, 0.5) is 13.2 Å². The van der Waals surface area contributed by atoms with Crippen molar-refractivity contribution in [3.63, 3.8) is 0 Å². The summed E-state index contributed by atoms with van der Waals surface area (Å²) in [7, 11) is 0. The van der Waals surface area contributed by atoms with Gasteiger partial charge in [-0.2, -0.15) is 13.2 Å². The Kier molecular flexibility index (Phi) is 4.17. The van der Waals surface area contributed by atoms with Gasteiger partial charge in [-0.25, -0.2) is 0 Å². The summed E-state index contributed by atoms with van der Waals surface area (Å²) in [6, 6.07) is 7.87. The normalized spacial score (nSPS) is 23.1. The standard InChI is InChI=1S/C13H14ClF3O/c14-12-10(5-6-18-8-13(15,16)17)7-9-3-1-2-4-11(9)12/h1-4,10,12H,5-8H2. The average Bonchev–Trinajstić information content (AvgIpc) is 2.62. The maximum absolute atomic E-state index is 11.9. The Morgan fingerprint density at radius 1 is 1.28 bits per heavy atom. The molecule has 1 nitrogen and oxygen atoms in total. The van der Waals surface area contributed by atoms with E-state index in [0.717, 1.165) is 12.0 Å². The van der Waals surface area contributed by atoms with Crippen LogP contribution >= 0.6 is 11.6 Å². The van der Waals surface area contributed by atoms with E-state index in [0.29, 0.717) is 6.42 Å². The summed E-state index contributed by atoms with van der Waals surface area (Å²) >= 11 is 6.30. The molecule has 0 aliphatic heterocycles. The van der Waals surface area contributed by atoms with Gasteiger partial charge < -0.3 is 4.74 Å². The fraction of sp³-hybridized carbons (Fsp3) is 0.538. The number of hydrogen-bond acceptors (Lipinski definition) is 1. The van der Waals surface area contributed by atoms with E-state index in [1.54, 1.807) is 0 Å². The third kappa shape index (κ3) is 3.39. The monoisotopic (exact) mass is 278 g/mol. The summed E-state index contributed by atoms with van der Waals surface area (Å²) in [5.74, 6) is 0.164. The molecule has 0 heterocycles. The summed E-state index contributed by atoms with van der Waals surface area (Å²) in [6.07, 6.45) is -2.88. The van der Waals surface area contributed by atoms with E-state index in [1.807, 2.05) is 24.3 Å². The number of benzene rings is 1. The highest BCUT2D eigenvalue weighted by molar-refractivity contribution is 6.21. The molecule has 0 N–H and O–H groups in total. The van der Waals surface area contributed by atoms with Crippen molar-refractivity contribution in [1.82, 2.24) is 0 Å². The molecule has 0 aromatic heterocycles. The minimum atomic E-state index is -4.25. The van der Waals surface area contributed by atoms with E-state index in [2.05, 4.69) is 4.74 Å². The highest BCUT2D eigenvalue weighted by Gasteiger charge is 2.31. The second-order valence-corrected chi connectivity index (χ2v) is 4.99. The third-order valence-electron chi connectivity index (χ3n) is 3.15. The Hall–Kier alpha value is -0.740. The van der Waals surface area contributed by atoms with Gasteiger partial charge in [0.15, 0.2) is 0 Å². The van der Waals surface area contributed by atoms with Gasteiger partial charge in [0.05, 0.1) is 5.38 Å². The van der Waals surface area contributed by atoms with Crippen molar-refractivity contribution in [3.05, 3.63) is 35.4 Å². The zero-order chi connectivity index (χ0) is 13.2. The average molecular weight is 279 g/mol. The number of halogens is 4. The van der Waals surface area contributed by atoms with Crippen LogP contribution in [0.1, 0.15) is 22.9 Å². The lowest BCUT2D eigenvalue weighted by Crippen LogP contribution is -2.18. The Balaban J connectivity index is 1.80. The van der Waals surface area contributed by atoms with Crippen LogP contribution in [0.2, 0.25) is 0 Å². The van der Waals surface area contributed by atoms with Gasteiger partial charge in [0.2, 0.25) is 0 Å². The Bertz CT molecular complexity index is 405. The van der Waals surface area contributed by atoms with Crippen molar-refractivity contribution >= 4 is 11.6 Å². The minimum Gasteiger partial charge on any atom is -0.372 e. The summed E-state index contributed by atoms with van der Waals surface area (Å²) in [4.78, 5) is 0. The summed E-state index contributed by atoms with van der Waals surface area (Å²) < 4.78 is 40.3. The molecule has 0 bridgehead atoms. The van der Waals surface area contributed by atoms with E-state index in [-0.39, 0.29) is 17.9 Å². The van der Waals surface area contributed by atoms with E-state index in [1.165, 1.54) is 5.56 Å². The molecule has 0 amide bonds. The first-order chi connectivity index (χ1) is 8.47. The van der Waals surface area contributed by atoms with E-state index in [9.17, 15) is 13.2 Å². The summed E-state index contributed by atoms with van der Waals surface area (Å²) in [5.41, 5.74) is 2.29. The van der Waals surface area contributed by atoms with E-state index >= 15 is 0 Å². The molecule has 1 aliphatic carbocycles. The van der Waals surface area contributed by atoms with Crippen molar-refractivity contribution in [3.8, 4) is 0 Å². The second-order valence-electron chi connectivity index (χ2n) is 4.52. The van der Waals surface area contributed by atoms with Crippen molar-refractivity contribution in [2.45, 2.75) is 24.4 Å². The van der Waals surface area contributed by atoms with Gasteiger partial charge in [0.1, 0.15) is 6.61 Å². The maximum Gasteiger partial charge on any atom is 0.411 e. The Morgan fingerprint density at radius 3 is 2.67 bits per heavy atom. The van der Waals surface area contributed by atoms with Crippen LogP contribution in [-0.4, -0.2) is 19.4 Å². The van der Waals surface area contributed by atoms with Crippen LogP contribution in [0.15, 0.2) is 24.3 Å². The summed E-state index contributed by atoms with van der Waals surface area (Å²) in [6.45, 7) is -1.08. The van der Waals surface area contributed by atoms with Gasteiger partial charge >= 0.3 is 6.18 Å². The summed E-state index contributed by atoms with van der Waals surface area (Å²) in [5, 5.41) is -0.115. The van der Waals surface area contributed by atoms with Crippen molar-refractivity contribution < 1.29 is 17.9 Å². The fourth-order valence-corrected chi connectivity index (χ4v) is 2.73. The molecule has 1 aromatic carbocycles. The molecule has 2 unspecified atom stereocenters. The van der Waals surface area contributed by atoms with Gasteiger partial charge in [-0.15, -0.1) is 11.6 Å². The van der Waals surface area contributed by atoms with E-state index < -0.39 is 12.8 Å². The fourth-order valence-electron chi connectivity index (χ4n) is 2.30. The Labute approximate surface area is 109 Å². The predicted molar refractivity (Wildman–Crippen MR) is 63.7 cm³/mol. The molecule has 0 radical (unpaired) electrons. The van der Waals surface area contributed by atoms with Gasteiger partial charge in [-0.05, 0) is 29.9 Å². The quantitative estimate of drug-likeness (QED) is 0.595. The number of ether oxygens (including phenoxy) is 1. The Morgan fingerprint density at radius 2 is 2.00 bits per heavy atom. The first kappa shape index (κ1) is 13.7. The molecule has 18 heavy (non-hydrogen) atoms. The molecule has 0 spiro atoms. The van der Waals surface area contributed by atoms with Crippen molar-refractivity contribution in [2.75, 3.05) is 13.2 Å². The highest BCUT2D eigenvalue weighted by Crippen LogP contribution is 2.42. The van der Waals surface area contributed by atoms with Crippen LogP contribution in [0.3, 0.4) is 0 Å². The van der Waals surface area contributed by atoms with Gasteiger partial charge in [0.25, 0.3) is 0 Å². The number of alkyl halides is 4. The van der Waals surface area contributed by atoms with E-state index in [4.69, 9.17) is 11.6 Å². The SMILES string of the molecule is FC(F)(F)COCCC1Cc2ccccc2C1Cl. The zero-order valence-electron chi connectivity index (χ0n) is 9.71. The van der Waals surface area contributed by atoms with Gasteiger partial charge in [-0.3, -0.25) is 0 Å². The molecule has 2 rings (SSSR count). The molecule has 1 aromatic rings. The number of fused-ring (bicyclic) bond motifs is 1. The van der Waals surface area contributed by atoms with Crippen molar-refractivity contribution in [2.24, 2.45) is 5.92 Å². The molecule has 2 atom stereocenters. The molecule has 1 aliphatic rings. The lowest BCUT2D eigenvalue weighted by atomic mass is 10.0. The lowest BCUT2D eigenvalue weighted by molar-refractivity contribution is -0.174. The van der Waals surface area contributed by atoms with Gasteiger partial charge in [0, 0.05) is 6.61 Å². The lowest BCUT2D eigenvalue weighted by Gasteiger charge is -2.14. The predicted octanol–water partition coefficient (Wildman–Crippen LogP) is 4.11. The smallest absolute Gasteiger partial charge is 0.372 e. The minimum absolute atomic E-state index is 0.0986. The first-order valence-corrected chi connectivity index (χ1v) is 6.27. The highest BCUT2D eigenvalue weighted by atomic mass is 35.5. The molecule has 100 valence electrons. The van der Waals surface area contributed by atoms with Crippen LogP contribution in [0, 0.1) is 5.92 Å².